The molecular formula is C19H17NO. The molecular weight excluding hydrogens is 258 g/mol. The molecule has 0 saturated heterocycles. The molecule has 0 fully saturated rings. The number of hydrogen-bond donors (Lipinski definition) is 1. The molecule has 1 heterocycles. The van der Waals surface area contributed by atoms with Crippen molar-refractivity contribution in [3.63, 3.8) is 0 Å². The summed E-state index contributed by atoms with van der Waals surface area (Å²) in [6.07, 6.45) is 0. The number of rotatable bonds is 3. The second-order valence-electron chi connectivity index (χ2n) is 5.50. The number of aryl methyl sites for hydroxylation is 1. The van der Waals surface area contributed by atoms with Gasteiger partial charge in [0, 0.05) is 0 Å². The average Bonchev–Trinajstić information content (AvgIpc) is 3.07. The van der Waals surface area contributed by atoms with Gasteiger partial charge in [0.25, 0.3) is 0 Å². The lowest BCUT2D eigenvalue weighted by molar-refractivity contribution is 0.452. The number of furan rings is 1. The van der Waals surface area contributed by atoms with Crippen molar-refractivity contribution in [2.24, 2.45) is 0 Å². The van der Waals surface area contributed by atoms with Crippen LogP contribution in [0.2, 0.25) is 0 Å². The van der Waals surface area contributed by atoms with Crippen LogP contribution < -0.4 is 5.32 Å². The maximum Gasteiger partial charge on any atom is 0.117 e. The zero-order valence-corrected chi connectivity index (χ0v) is 12.0. The third-order valence-electron chi connectivity index (χ3n) is 4.11. The van der Waals surface area contributed by atoms with Crippen LogP contribution >= 0.6 is 0 Å². The molecule has 4 rings (SSSR count). The third kappa shape index (κ3) is 2.08. The molecule has 0 saturated carbocycles. The highest BCUT2D eigenvalue weighted by molar-refractivity contribution is 5.78. The Morgan fingerprint density at radius 1 is 0.857 bits per heavy atom. The summed E-state index contributed by atoms with van der Waals surface area (Å²) in [4.78, 5) is 0. The first-order valence-electron chi connectivity index (χ1n) is 7.30. The lowest BCUT2D eigenvalue weighted by atomic mass is 10.1. The van der Waals surface area contributed by atoms with E-state index in [9.17, 15) is 0 Å². The van der Waals surface area contributed by atoms with Crippen LogP contribution in [0.3, 0.4) is 0 Å². The summed E-state index contributed by atoms with van der Waals surface area (Å²) in [6.45, 7) is 2.71. The highest BCUT2D eigenvalue weighted by atomic mass is 16.3. The van der Waals surface area contributed by atoms with E-state index in [0.29, 0.717) is 0 Å². The van der Waals surface area contributed by atoms with E-state index in [1.807, 2.05) is 19.1 Å². The van der Waals surface area contributed by atoms with E-state index in [-0.39, 0.29) is 6.04 Å². The minimum Gasteiger partial charge on any atom is -0.465 e. The van der Waals surface area contributed by atoms with Gasteiger partial charge in [0.05, 0.1) is 12.6 Å². The van der Waals surface area contributed by atoms with Crippen LogP contribution in [-0.2, 0) is 6.54 Å². The topological polar surface area (TPSA) is 25.2 Å². The smallest absolute Gasteiger partial charge is 0.117 e. The Labute approximate surface area is 124 Å². The molecule has 3 aromatic rings. The van der Waals surface area contributed by atoms with Gasteiger partial charge in [-0.05, 0) is 41.3 Å². The van der Waals surface area contributed by atoms with Gasteiger partial charge < -0.3 is 4.42 Å². The molecule has 1 aromatic heterocycles. The zero-order chi connectivity index (χ0) is 14.2. The van der Waals surface area contributed by atoms with Crippen LogP contribution in [-0.4, -0.2) is 0 Å². The van der Waals surface area contributed by atoms with E-state index in [1.165, 1.54) is 22.3 Å². The molecule has 1 N–H and O–H groups in total. The predicted molar refractivity (Wildman–Crippen MR) is 84.0 cm³/mol. The van der Waals surface area contributed by atoms with Crippen molar-refractivity contribution in [1.29, 1.82) is 0 Å². The highest BCUT2D eigenvalue weighted by Crippen LogP contribution is 2.43. The highest BCUT2D eigenvalue weighted by Gasteiger charge is 2.27. The molecule has 21 heavy (non-hydrogen) atoms. The zero-order valence-electron chi connectivity index (χ0n) is 12.0. The Balaban J connectivity index is 1.68. The Hall–Kier alpha value is -2.32. The molecule has 1 aliphatic carbocycles. The van der Waals surface area contributed by atoms with Crippen molar-refractivity contribution in [2.75, 3.05) is 0 Å². The van der Waals surface area contributed by atoms with Crippen LogP contribution in [0.1, 0.15) is 28.7 Å². The average molecular weight is 275 g/mol. The van der Waals surface area contributed by atoms with Gasteiger partial charge in [-0.25, -0.2) is 0 Å². The summed E-state index contributed by atoms with van der Waals surface area (Å²) in [6, 6.07) is 21.5. The van der Waals surface area contributed by atoms with Crippen LogP contribution in [0.5, 0.6) is 0 Å². The fourth-order valence-corrected chi connectivity index (χ4v) is 3.16. The van der Waals surface area contributed by atoms with E-state index in [0.717, 1.165) is 18.1 Å². The number of hydrogen-bond acceptors (Lipinski definition) is 2. The van der Waals surface area contributed by atoms with E-state index < -0.39 is 0 Å². The van der Waals surface area contributed by atoms with Crippen molar-refractivity contribution >= 4 is 0 Å². The molecule has 0 unspecified atom stereocenters. The first-order chi connectivity index (χ1) is 10.3. The fraction of sp³-hybridized carbons (Fsp3) is 0.158. The second-order valence-corrected chi connectivity index (χ2v) is 5.50. The van der Waals surface area contributed by atoms with Gasteiger partial charge in [-0.1, -0.05) is 48.5 Å². The normalized spacial score (nSPS) is 13.2. The van der Waals surface area contributed by atoms with E-state index in [2.05, 4.69) is 53.8 Å². The molecule has 0 amide bonds. The van der Waals surface area contributed by atoms with Crippen LogP contribution in [0.4, 0.5) is 0 Å². The van der Waals surface area contributed by atoms with Crippen molar-refractivity contribution in [2.45, 2.75) is 19.5 Å². The summed E-state index contributed by atoms with van der Waals surface area (Å²) in [5, 5.41) is 3.63. The summed E-state index contributed by atoms with van der Waals surface area (Å²) < 4.78 is 5.66. The summed E-state index contributed by atoms with van der Waals surface area (Å²) in [7, 11) is 0. The fourth-order valence-electron chi connectivity index (χ4n) is 3.16. The predicted octanol–water partition coefficient (Wildman–Crippen LogP) is 4.45. The Morgan fingerprint density at radius 2 is 1.48 bits per heavy atom. The molecule has 1 aliphatic rings. The van der Waals surface area contributed by atoms with Crippen molar-refractivity contribution in [3.8, 4) is 11.1 Å². The lowest BCUT2D eigenvalue weighted by Gasteiger charge is -2.14. The van der Waals surface area contributed by atoms with Gasteiger partial charge in [0.15, 0.2) is 0 Å². The number of nitrogens with one attached hydrogen (secondary N) is 1. The van der Waals surface area contributed by atoms with Gasteiger partial charge in [-0.3, -0.25) is 5.32 Å². The SMILES string of the molecule is Cc1ccc(CNC2c3ccccc3-c3ccccc32)o1. The maximum atomic E-state index is 5.66. The molecule has 0 bridgehead atoms. The molecule has 0 spiro atoms. The first-order valence-corrected chi connectivity index (χ1v) is 7.30. The molecule has 0 radical (unpaired) electrons. The molecule has 2 nitrogen and oxygen atoms in total. The Bertz CT molecular complexity index is 742. The molecule has 0 aliphatic heterocycles. The third-order valence-corrected chi connectivity index (χ3v) is 4.11. The molecule has 104 valence electrons. The van der Waals surface area contributed by atoms with E-state index in [4.69, 9.17) is 4.42 Å². The van der Waals surface area contributed by atoms with Crippen LogP contribution in [0, 0.1) is 6.92 Å². The van der Waals surface area contributed by atoms with Gasteiger partial charge in [0.2, 0.25) is 0 Å². The molecule has 2 aromatic carbocycles. The molecule has 2 heteroatoms. The van der Waals surface area contributed by atoms with Gasteiger partial charge >= 0.3 is 0 Å². The van der Waals surface area contributed by atoms with Crippen molar-refractivity contribution in [1.82, 2.24) is 5.32 Å². The van der Waals surface area contributed by atoms with E-state index in [1.54, 1.807) is 0 Å². The number of fused-ring (bicyclic) bond motifs is 3. The molecule has 0 atom stereocenters. The largest absolute Gasteiger partial charge is 0.465 e. The van der Waals surface area contributed by atoms with Crippen molar-refractivity contribution in [3.05, 3.63) is 83.3 Å². The quantitative estimate of drug-likeness (QED) is 0.764. The minimum atomic E-state index is 0.239. The monoisotopic (exact) mass is 275 g/mol. The van der Waals surface area contributed by atoms with Crippen LogP contribution in [0.25, 0.3) is 11.1 Å². The first kappa shape index (κ1) is 12.4. The second kappa shape index (κ2) is 4.90. The summed E-state index contributed by atoms with van der Waals surface area (Å²) in [5.74, 6) is 1.94. The summed E-state index contributed by atoms with van der Waals surface area (Å²) >= 11 is 0. The maximum absolute atomic E-state index is 5.66. The Morgan fingerprint density at radius 3 is 2.05 bits per heavy atom. The summed E-state index contributed by atoms with van der Waals surface area (Å²) in [5.41, 5.74) is 5.37. The van der Waals surface area contributed by atoms with Crippen molar-refractivity contribution < 1.29 is 4.42 Å². The van der Waals surface area contributed by atoms with Crippen LogP contribution in [0.15, 0.2) is 65.1 Å². The number of benzene rings is 2. The Kier molecular flexibility index (Phi) is 2.90. The van der Waals surface area contributed by atoms with Gasteiger partial charge in [0.1, 0.15) is 11.5 Å². The minimum absolute atomic E-state index is 0.239. The van der Waals surface area contributed by atoms with Gasteiger partial charge in [-0.2, -0.15) is 0 Å². The van der Waals surface area contributed by atoms with E-state index >= 15 is 0 Å². The standard InChI is InChI=1S/C19H17NO/c1-13-10-11-14(21-13)12-20-19-17-8-4-2-6-15(17)16-7-3-5-9-18(16)19/h2-11,19-20H,12H2,1H3. The lowest BCUT2D eigenvalue weighted by Crippen LogP contribution is -2.19. The van der Waals surface area contributed by atoms with Gasteiger partial charge in [-0.15, -0.1) is 0 Å².